The Bertz CT molecular complexity index is 1200. The van der Waals surface area contributed by atoms with Crippen LogP contribution in [-0.2, 0) is 19.0 Å². The highest BCUT2D eigenvalue weighted by molar-refractivity contribution is 5.45. The number of nitro groups is 2. The average molecular weight is 506 g/mol. The number of halogens is 7. The van der Waals surface area contributed by atoms with Crippen LogP contribution in [0.5, 0.6) is 5.75 Å². The summed E-state index contributed by atoms with van der Waals surface area (Å²) in [4.78, 5) is 18.8. The maximum atomic E-state index is 12.9. The van der Waals surface area contributed by atoms with Crippen LogP contribution in [0.25, 0.3) is 0 Å². The van der Waals surface area contributed by atoms with Crippen LogP contribution in [0.2, 0.25) is 0 Å². The van der Waals surface area contributed by atoms with Crippen molar-refractivity contribution in [2.24, 2.45) is 0 Å². The maximum absolute atomic E-state index is 12.9. The number of alkyl halides is 6. The maximum Gasteiger partial charge on any atom is 0.420 e. The molecule has 0 aliphatic heterocycles. The Balaban J connectivity index is 0.000000269. The Kier molecular flexibility index (Phi) is 8.34. The van der Waals surface area contributed by atoms with Crippen molar-refractivity contribution in [3.63, 3.8) is 0 Å². The molecule has 0 unspecified atom stereocenters. The molecule has 186 valence electrons. The van der Waals surface area contributed by atoms with Crippen molar-refractivity contribution in [3.05, 3.63) is 109 Å². The number of nitro benzene ring substituents is 2. The van der Waals surface area contributed by atoms with Crippen molar-refractivity contribution in [1.29, 1.82) is 0 Å². The zero-order chi connectivity index (χ0) is 26.4. The summed E-state index contributed by atoms with van der Waals surface area (Å²) in [5.41, 5.74) is -3.52. The molecule has 3 aromatic carbocycles. The van der Waals surface area contributed by atoms with Gasteiger partial charge >= 0.3 is 12.4 Å². The Morgan fingerprint density at radius 1 is 0.714 bits per heavy atom. The van der Waals surface area contributed by atoms with Gasteiger partial charge < -0.3 is 4.74 Å². The molecule has 7 nitrogen and oxygen atoms in total. The van der Waals surface area contributed by atoms with E-state index < -0.39 is 56.3 Å². The van der Waals surface area contributed by atoms with E-state index in [1.54, 1.807) is 30.3 Å². The monoisotopic (exact) mass is 506 g/mol. The molecule has 14 heteroatoms. The summed E-state index contributed by atoms with van der Waals surface area (Å²) in [7, 11) is 0. The first-order chi connectivity index (χ1) is 16.2. The van der Waals surface area contributed by atoms with Crippen molar-refractivity contribution in [2.45, 2.75) is 19.0 Å². The Hall–Kier alpha value is -4.23. The number of hydrogen-bond donors (Lipinski definition) is 0. The second kappa shape index (κ2) is 10.8. The molecule has 0 aliphatic carbocycles. The van der Waals surface area contributed by atoms with Gasteiger partial charge in [0.25, 0.3) is 11.4 Å². The van der Waals surface area contributed by atoms with Gasteiger partial charge in [-0.2, -0.15) is 26.3 Å². The molecule has 0 N–H and O–H groups in total. The van der Waals surface area contributed by atoms with Crippen LogP contribution in [0.15, 0.2) is 66.7 Å². The topological polar surface area (TPSA) is 95.5 Å². The predicted molar refractivity (Wildman–Crippen MR) is 107 cm³/mol. The number of rotatable bonds is 5. The van der Waals surface area contributed by atoms with E-state index in [0.29, 0.717) is 23.8 Å². The molecule has 0 radical (unpaired) electrons. The lowest BCUT2D eigenvalue weighted by Crippen LogP contribution is -2.09. The first-order valence-corrected chi connectivity index (χ1v) is 9.23. The summed E-state index contributed by atoms with van der Waals surface area (Å²) in [6.45, 7) is -0.0538. The summed E-state index contributed by atoms with van der Waals surface area (Å²) in [6, 6.07) is 12.3. The molecular formula is C21H13F7N2O5. The van der Waals surface area contributed by atoms with Crippen LogP contribution < -0.4 is 4.74 Å². The minimum absolute atomic E-state index is 0.0538. The minimum Gasteiger partial charge on any atom is -0.488 e. The molecule has 3 rings (SSSR count). The number of ether oxygens (including phenoxy) is 1. The lowest BCUT2D eigenvalue weighted by Gasteiger charge is -2.13. The lowest BCUT2D eigenvalue weighted by molar-refractivity contribution is -0.385. The van der Waals surface area contributed by atoms with Crippen LogP contribution in [-0.4, -0.2) is 9.85 Å². The zero-order valence-corrected chi connectivity index (χ0v) is 17.1. The molecule has 0 heterocycles. The van der Waals surface area contributed by atoms with Gasteiger partial charge in [0.05, 0.1) is 15.4 Å². The summed E-state index contributed by atoms with van der Waals surface area (Å²) in [6.07, 6.45) is -9.64. The van der Waals surface area contributed by atoms with Crippen LogP contribution >= 0.6 is 0 Å². The van der Waals surface area contributed by atoms with E-state index in [4.69, 9.17) is 4.74 Å². The first kappa shape index (κ1) is 27.0. The highest BCUT2D eigenvalue weighted by Gasteiger charge is 2.36. The second-order valence-electron chi connectivity index (χ2n) is 6.63. The summed E-state index contributed by atoms with van der Waals surface area (Å²) in [5, 5.41) is 20.7. The second-order valence-corrected chi connectivity index (χ2v) is 6.63. The van der Waals surface area contributed by atoms with Gasteiger partial charge in [-0.25, -0.2) is 4.39 Å². The molecule has 0 aromatic heterocycles. The van der Waals surface area contributed by atoms with Crippen molar-refractivity contribution in [2.75, 3.05) is 0 Å². The van der Waals surface area contributed by atoms with Gasteiger partial charge in [-0.3, -0.25) is 20.2 Å². The molecule has 0 fully saturated rings. The van der Waals surface area contributed by atoms with Gasteiger partial charge in [0.2, 0.25) is 0 Å². The molecule has 0 amide bonds. The van der Waals surface area contributed by atoms with E-state index in [-0.39, 0.29) is 12.7 Å². The van der Waals surface area contributed by atoms with E-state index >= 15 is 0 Å². The molecular weight excluding hydrogens is 493 g/mol. The van der Waals surface area contributed by atoms with E-state index in [0.717, 1.165) is 12.1 Å². The third-order valence-electron chi connectivity index (χ3n) is 4.18. The van der Waals surface area contributed by atoms with E-state index in [9.17, 15) is 51.0 Å². The van der Waals surface area contributed by atoms with Gasteiger partial charge in [0.15, 0.2) is 0 Å². The lowest BCUT2D eigenvalue weighted by atomic mass is 10.1. The molecule has 0 bridgehead atoms. The standard InChI is InChI=1S/C14H10F3NO3.C7H3F4NO2/c15-14(16,17)12-8-11(18(19)20)6-7-13(12)21-9-10-4-2-1-3-5-10;8-6-2-1-4(12(13)14)3-5(6)7(9,10)11/h1-8H,9H2;1-3H. The van der Waals surface area contributed by atoms with Crippen molar-refractivity contribution in [1.82, 2.24) is 0 Å². The van der Waals surface area contributed by atoms with Gasteiger partial charge in [0.1, 0.15) is 23.7 Å². The number of nitrogens with zero attached hydrogens (tertiary/aromatic N) is 2. The number of benzene rings is 3. The molecule has 3 aromatic rings. The van der Waals surface area contributed by atoms with E-state index in [1.807, 2.05) is 0 Å². The molecule has 35 heavy (non-hydrogen) atoms. The van der Waals surface area contributed by atoms with Gasteiger partial charge in [-0.15, -0.1) is 0 Å². The zero-order valence-electron chi connectivity index (χ0n) is 17.1. The molecule has 0 atom stereocenters. The molecule has 0 saturated carbocycles. The van der Waals surface area contributed by atoms with E-state index in [1.165, 1.54) is 0 Å². The summed E-state index contributed by atoms with van der Waals surface area (Å²) < 4.78 is 92.6. The molecule has 0 saturated heterocycles. The predicted octanol–water partition coefficient (Wildman–Crippen LogP) is 6.95. The van der Waals surface area contributed by atoms with Crippen molar-refractivity contribution in [3.8, 4) is 5.75 Å². The third-order valence-corrected chi connectivity index (χ3v) is 4.18. The number of non-ortho nitro benzene ring substituents is 2. The largest absolute Gasteiger partial charge is 0.488 e. The van der Waals surface area contributed by atoms with E-state index in [2.05, 4.69) is 0 Å². The third kappa shape index (κ3) is 7.65. The van der Waals surface area contributed by atoms with Gasteiger partial charge in [-0.05, 0) is 17.7 Å². The highest BCUT2D eigenvalue weighted by Crippen LogP contribution is 2.38. The quantitative estimate of drug-likeness (QED) is 0.212. The van der Waals surface area contributed by atoms with Gasteiger partial charge in [-0.1, -0.05) is 30.3 Å². The smallest absolute Gasteiger partial charge is 0.420 e. The fraction of sp³-hybridized carbons (Fsp3) is 0.143. The van der Waals surface area contributed by atoms with Crippen LogP contribution in [0, 0.1) is 26.0 Å². The van der Waals surface area contributed by atoms with Gasteiger partial charge in [0, 0.05) is 24.3 Å². The summed E-state index contributed by atoms with van der Waals surface area (Å²) >= 11 is 0. The Morgan fingerprint density at radius 3 is 1.69 bits per heavy atom. The molecule has 0 aliphatic rings. The number of hydrogen-bond acceptors (Lipinski definition) is 5. The van der Waals surface area contributed by atoms with Crippen LogP contribution in [0.3, 0.4) is 0 Å². The fourth-order valence-corrected chi connectivity index (χ4v) is 2.56. The normalized spacial score (nSPS) is 11.3. The Labute approximate surface area is 191 Å². The van der Waals surface area contributed by atoms with Crippen molar-refractivity contribution >= 4 is 11.4 Å². The minimum atomic E-state index is -4.92. The van der Waals surface area contributed by atoms with Crippen molar-refractivity contribution < 1.29 is 45.3 Å². The SMILES string of the molecule is O=[N+]([O-])c1ccc(F)c(C(F)(F)F)c1.O=[N+]([O-])c1ccc(OCc2ccccc2)c(C(F)(F)F)c1. The average Bonchev–Trinajstić information content (AvgIpc) is 2.77. The Morgan fingerprint density at radius 2 is 1.20 bits per heavy atom. The summed E-state index contributed by atoms with van der Waals surface area (Å²) in [5.74, 6) is -1.96. The highest BCUT2D eigenvalue weighted by atomic mass is 19.4. The molecule has 0 spiro atoms. The van der Waals surface area contributed by atoms with Crippen LogP contribution in [0.4, 0.5) is 42.1 Å². The van der Waals surface area contributed by atoms with Crippen LogP contribution in [0.1, 0.15) is 16.7 Å². The first-order valence-electron chi connectivity index (χ1n) is 9.23. The fourth-order valence-electron chi connectivity index (χ4n) is 2.56.